The Morgan fingerprint density at radius 1 is 1.22 bits per heavy atom. The Hall–Kier alpha value is -2.46. The molecule has 1 amide bonds. The van der Waals surface area contributed by atoms with Gasteiger partial charge < -0.3 is 9.64 Å². The quantitative estimate of drug-likeness (QED) is 0.279. The van der Waals surface area contributed by atoms with Crippen LogP contribution in [0, 0.1) is 5.92 Å². The van der Waals surface area contributed by atoms with Gasteiger partial charge in [-0.05, 0) is 81.6 Å². The summed E-state index contributed by atoms with van der Waals surface area (Å²) in [7, 11) is -3.77. The first-order valence-corrected chi connectivity index (χ1v) is 13.8. The Balaban J connectivity index is 1.83. The maximum atomic E-state index is 13.8. The molecule has 2 aromatic carbocycles. The smallest absolute Gasteiger partial charge is 0.417 e. The summed E-state index contributed by atoms with van der Waals surface area (Å²) in [4.78, 5) is 17.5. The van der Waals surface area contributed by atoms with Gasteiger partial charge >= 0.3 is 12.3 Å². The predicted molar refractivity (Wildman–Crippen MR) is 139 cm³/mol. The summed E-state index contributed by atoms with van der Waals surface area (Å²) in [5.74, 6) is -0.503. The molecule has 0 aliphatic carbocycles. The van der Waals surface area contributed by atoms with Gasteiger partial charge in [0, 0.05) is 18.7 Å². The summed E-state index contributed by atoms with van der Waals surface area (Å²) in [6.07, 6.45) is -3.96. The van der Waals surface area contributed by atoms with Crippen LogP contribution in [0.1, 0.15) is 39.2 Å². The first-order valence-electron chi connectivity index (χ1n) is 11.4. The Labute approximate surface area is 224 Å². The van der Waals surface area contributed by atoms with Crippen molar-refractivity contribution in [2.24, 2.45) is 10.9 Å². The first kappa shape index (κ1) is 29.1. The molecule has 0 bridgehead atoms. The van der Waals surface area contributed by atoms with Crippen LogP contribution in [-0.2, 0) is 20.8 Å². The van der Waals surface area contributed by atoms with E-state index in [1.807, 2.05) is 5.16 Å². The van der Waals surface area contributed by atoms with Crippen molar-refractivity contribution in [2.75, 3.05) is 18.8 Å². The van der Waals surface area contributed by atoms with Crippen LogP contribution in [0.15, 0.2) is 46.3 Å². The van der Waals surface area contributed by atoms with Gasteiger partial charge in [0.2, 0.25) is 0 Å². The van der Waals surface area contributed by atoms with E-state index in [1.54, 1.807) is 20.8 Å². The number of amides is 1. The van der Waals surface area contributed by atoms with Gasteiger partial charge in [0.05, 0.1) is 32.1 Å². The largest absolute Gasteiger partial charge is 0.444 e. The third-order valence-corrected chi connectivity index (χ3v) is 7.97. The van der Waals surface area contributed by atoms with Crippen LogP contribution in [0.25, 0.3) is 11.1 Å². The summed E-state index contributed by atoms with van der Waals surface area (Å²) < 4.78 is 72.9. The Bertz CT molecular complexity index is 1320. The van der Waals surface area contributed by atoms with E-state index in [2.05, 4.69) is 17.2 Å². The Morgan fingerprint density at radius 2 is 1.86 bits per heavy atom. The fourth-order valence-electron chi connectivity index (χ4n) is 4.16. The molecule has 1 unspecified atom stereocenters. The van der Waals surface area contributed by atoms with Gasteiger partial charge in [-0.25, -0.2) is 13.2 Å². The highest BCUT2D eigenvalue weighted by Crippen LogP contribution is 2.43. The van der Waals surface area contributed by atoms with E-state index in [0.29, 0.717) is 19.4 Å². The van der Waals surface area contributed by atoms with Gasteiger partial charge in [-0.1, -0.05) is 23.7 Å². The number of isothiocyanates is 1. The third-order valence-electron chi connectivity index (χ3n) is 5.68. The molecule has 1 heterocycles. The summed E-state index contributed by atoms with van der Waals surface area (Å²) in [6, 6.07) is 7.15. The number of halogens is 4. The SMILES string of the molecule is CC(C)(C)OC(=O)N1CCCC(CS(=O)(=O)c2ccc(-c3c(Cl)cc(N=C=S)cc3C(F)(F)F)cc2)C1. The van der Waals surface area contributed by atoms with E-state index >= 15 is 0 Å². The molecule has 200 valence electrons. The highest BCUT2D eigenvalue weighted by molar-refractivity contribution is 7.91. The van der Waals surface area contributed by atoms with Gasteiger partial charge in [-0.15, -0.1) is 0 Å². The van der Waals surface area contributed by atoms with Crippen molar-refractivity contribution in [3.63, 3.8) is 0 Å². The lowest BCUT2D eigenvalue weighted by Gasteiger charge is -2.34. The van der Waals surface area contributed by atoms with Crippen molar-refractivity contribution < 1.29 is 31.1 Å². The monoisotopic (exact) mass is 574 g/mol. The Kier molecular flexibility index (Phi) is 8.74. The Morgan fingerprint density at radius 3 is 2.43 bits per heavy atom. The molecule has 2 aromatic rings. The number of thiocarbonyl (C=S) groups is 1. The molecule has 1 atom stereocenters. The zero-order valence-electron chi connectivity index (χ0n) is 20.4. The molecule has 1 fully saturated rings. The molecule has 1 aliphatic heterocycles. The van der Waals surface area contributed by atoms with Crippen LogP contribution in [0.2, 0.25) is 5.02 Å². The number of hydrogen-bond acceptors (Lipinski definition) is 6. The number of alkyl halides is 3. The average molecular weight is 575 g/mol. The number of hydrogen-bond donors (Lipinski definition) is 0. The molecule has 0 spiro atoms. The molecule has 1 aliphatic rings. The molecular weight excluding hydrogens is 549 g/mol. The van der Waals surface area contributed by atoms with Gasteiger partial charge in [0.25, 0.3) is 0 Å². The number of ether oxygens (including phenoxy) is 1. The van der Waals surface area contributed by atoms with E-state index in [1.165, 1.54) is 35.2 Å². The number of sulfone groups is 1. The van der Waals surface area contributed by atoms with Gasteiger partial charge in [-0.3, -0.25) is 0 Å². The molecule has 6 nitrogen and oxygen atoms in total. The van der Waals surface area contributed by atoms with Crippen molar-refractivity contribution >= 4 is 50.6 Å². The number of carbonyl (C=O) groups excluding carboxylic acids is 1. The molecule has 3 rings (SSSR count). The second-order valence-corrected chi connectivity index (χ2v) is 12.4. The average Bonchev–Trinajstić information content (AvgIpc) is 2.77. The summed E-state index contributed by atoms with van der Waals surface area (Å²) in [5, 5.41) is 1.80. The van der Waals surface area contributed by atoms with Crippen molar-refractivity contribution in [1.29, 1.82) is 0 Å². The molecule has 12 heteroatoms. The highest BCUT2D eigenvalue weighted by Gasteiger charge is 2.36. The molecule has 0 saturated carbocycles. The topological polar surface area (TPSA) is 76.0 Å². The first-order chi connectivity index (χ1) is 17.1. The maximum absolute atomic E-state index is 13.8. The van der Waals surface area contributed by atoms with E-state index in [-0.39, 0.29) is 44.9 Å². The summed E-state index contributed by atoms with van der Waals surface area (Å²) in [6.45, 7) is 6.00. The summed E-state index contributed by atoms with van der Waals surface area (Å²) >= 11 is 10.6. The normalized spacial score (nSPS) is 16.7. The van der Waals surface area contributed by atoms with E-state index < -0.39 is 33.3 Å². The van der Waals surface area contributed by atoms with Crippen LogP contribution in [0.4, 0.5) is 23.7 Å². The highest BCUT2D eigenvalue weighted by atomic mass is 35.5. The number of rotatable bonds is 5. The van der Waals surface area contributed by atoms with Crippen molar-refractivity contribution in [2.45, 2.75) is 50.3 Å². The summed E-state index contributed by atoms with van der Waals surface area (Å²) in [5.41, 5.74) is -1.97. The third kappa shape index (κ3) is 7.54. The van der Waals surface area contributed by atoms with Gasteiger partial charge in [0.1, 0.15) is 5.60 Å². The van der Waals surface area contributed by atoms with Crippen molar-refractivity contribution in [3.05, 3.63) is 47.0 Å². The number of carbonyl (C=O) groups is 1. The van der Waals surface area contributed by atoms with E-state index in [9.17, 15) is 26.4 Å². The van der Waals surface area contributed by atoms with E-state index in [0.717, 1.165) is 6.07 Å². The lowest BCUT2D eigenvalue weighted by molar-refractivity contribution is -0.137. The number of aliphatic imine (C=N–C) groups is 1. The lowest BCUT2D eigenvalue weighted by atomic mass is 9.98. The maximum Gasteiger partial charge on any atom is 0.417 e. The minimum Gasteiger partial charge on any atom is -0.444 e. The molecule has 1 saturated heterocycles. The standard InChI is InChI=1S/C25H26ClF3N2O4S2/c1-24(2,3)35-23(32)31-10-4-5-16(13-31)14-37(33,34)19-8-6-17(7-9-19)22-20(25(27,28)29)11-18(30-15-36)12-21(22)26/h6-9,11-12,16H,4-5,10,13-14H2,1-3H3. The zero-order valence-corrected chi connectivity index (χ0v) is 22.8. The number of nitrogens with zero attached hydrogens (tertiary/aromatic N) is 2. The fourth-order valence-corrected chi connectivity index (χ4v) is 6.22. The van der Waals surface area contributed by atoms with Crippen molar-refractivity contribution in [3.8, 4) is 11.1 Å². The molecular formula is C25H26ClF3N2O4S2. The fraction of sp³-hybridized carbons (Fsp3) is 0.440. The van der Waals surface area contributed by atoms with Crippen LogP contribution in [-0.4, -0.2) is 49.0 Å². The predicted octanol–water partition coefficient (Wildman–Crippen LogP) is 7.18. The molecule has 37 heavy (non-hydrogen) atoms. The number of likely N-dealkylation sites (tertiary alicyclic amines) is 1. The van der Waals surface area contributed by atoms with Crippen LogP contribution in [0.3, 0.4) is 0 Å². The minimum atomic E-state index is -4.74. The number of benzene rings is 2. The van der Waals surface area contributed by atoms with Gasteiger partial charge in [-0.2, -0.15) is 18.2 Å². The van der Waals surface area contributed by atoms with Gasteiger partial charge in [0.15, 0.2) is 9.84 Å². The molecule has 0 radical (unpaired) electrons. The van der Waals surface area contributed by atoms with Crippen LogP contribution in [0.5, 0.6) is 0 Å². The zero-order chi connectivity index (χ0) is 27.6. The second kappa shape index (κ2) is 11.1. The molecule has 0 N–H and O–H groups in total. The minimum absolute atomic E-state index is 0.0303. The van der Waals surface area contributed by atoms with Crippen molar-refractivity contribution in [1.82, 2.24) is 4.90 Å². The number of piperidine rings is 1. The van der Waals surface area contributed by atoms with Crippen LogP contribution < -0.4 is 0 Å². The van der Waals surface area contributed by atoms with Crippen LogP contribution >= 0.6 is 23.8 Å². The van der Waals surface area contributed by atoms with E-state index in [4.69, 9.17) is 16.3 Å². The second-order valence-electron chi connectivity index (χ2n) is 9.79. The lowest BCUT2D eigenvalue weighted by Crippen LogP contribution is -2.44. The molecule has 0 aromatic heterocycles.